The molecule has 0 unspecified atom stereocenters. The minimum absolute atomic E-state index is 0. The number of halogens is 1. The van der Waals surface area contributed by atoms with Gasteiger partial charge in [0.15, 0.2) is 0 Å². The average Bonchev–Trinajstić information content (AvgIpc) is 3.28. The lowest BCUT2D eigenvalue weighted by Gasteiger charge is -2.30. The van der Waals surface area contributed by atoms with Crippen LogP contribution in [-0.4, -0.2) is 32.7 Å². The molecule has 1 aromatic rings. The third kappa shape index (κ3) is 4.87. The Hall–Kier alpha value is -1.26. The number of methoxy groups -OCH3 is 1. The topological polar surface area (TPSA) is 50.4 Å². The highest BCUT2D eigenvalue weighted by atomic mass is 35.5. The zero-order valence-electron chi connectivity index (χ0n) is 14.5. The Labute approximate surface area is 151 Å². The number of carbonyl (C=O) groups is 1. The Morgan fingerprint density at radius 1 is 1.29 bits per heavy atom. The monoisotopic (exact) mass is 352 g/mol. The van der Waals surface area contributed by atoms with E-state index in [9.17, 15) is 4.79 Å². The summed E-state index contributed by atoms with van der Waals surface area (Å²) in [5.41, 5.74) is 1.36. The van der Waals surface area contributed by atoms with Gasteiger partial charge in [0.05, 0.1) is 13.7 Å². The molecule has 2 aliphatic rings. The Balaban J connectivity index is 0.00000208. The van der Waals surface area contributed by atoms with Gasteiger partial charge >= 0.3 is 0 Å². The van der Waals surface area contributed by atoms with Gasteiger partial charge in [0, 0.05) is 12.0 Å². The van der Waals surface area contributed by atoms with Crippen molar-refractivity contribution in [2.45, 2.75) is 43.9 Å². The van der Waals surface area contributed by atoms with Crippen LogP contribution in [0.1, 0.15) is 44.1 Å². The van der Waals surface area contributed by atoms with Gasteiger partial charge in [-0.25, -0.2) is 0 Å². The second kappa shape index (κ2) is 8.72. The molecule has 2 N–H and O–H groups in total. The number of amides is 1. The molecule has 1 amide bonds. The molecular weight excluding hydrogens is 324 g/mol. The number of hydrogen-bond acceptors (Lipinski definition) is 3. The highest BCUT2D eigenvalue weighted by Crippen LogP contribution is 2.41. The van der Waals surface area contributed by atoms with Crippen LogP contribution in [0.25, 0.3) is 0 Å². The Bertz CT molecular complexity index is 540. The molecule has 3 rings (SSSR count). The van der Waals surface area contributed by atoms with Gasteiger partial charge in [-0.15, -0.1) is 12.4 Å². The molecule has 0 radical (unpaired) electrons. The van der Waals surface area contributed by atoms with E-state index in [1.54, 1.807) is 7.11 Å². The van der Waals surface area contributed by atoms with Crippen molar-refractivity contribution < 1.29 is 9.53 Å². The molecular formula is C19H29ClN2O2. The van der Waals surface area contributed by atoms with E-state index in [1.807, 2.05) is 12.1 Å². The summed E-state index contributed by atoms with van der Waals surface area (Å²) in [5.74, 6) is 1.81. The van der Waals surface area contributed by atoms with Crippen molar-refractivity contribution in [3.8, 4) is 5.75 Å². The van der Waals surface area contributed by atoms with E-state index in [0.717, 1.165) is 37.6 Å². The van der Waals surface area contributed by atoms with E-state index in [2.05, 4.69) is 22.8 Å². The fraction of sp³-hybridized carbons (Fsp3) is 0.632. The molecule has 0 bridgehead atoms. The summed E-state index contributed by atoms with van der Waals surface area (Å²) in [6, 6.07) is 8.33. The smallest absolute Gasteiger partial charge is 0.233 e. The van der Waals surface area contributed by atoms with E-state index in [1.165, 1.54) is 31.2 Å². The predicted octanol–water partition coefficient (Wildman–Crippen LogP) is 3.04. The van der Waals surface area contributed by atoms with Crippen LogP contribution in [-0.2, 0) is 10.2 Å². The van der Waals surface area contributed by atoms with E-state index in [4.69, 9.17) is 4.74 Å². The summed E-state index contributed by atoms with van der Waals surface area (Å²) in [5, 5.41) is 6.41. The number of carbonyl (C=O) groups excluding carboxylic acids is 1. The van der Waals surface area contributed by atoms with Crippen molar-refractivity contribution in [1.29, 1.82) is 0 Å². The number of rotatable bonds is 8. The Morgan fingerprint density at radius 3 is 2.71 bits per heavy atom. The molecule has 134 valence electrons. The van der Waals surface area contributed by atoms with Gasteiger partial charge in [-0.3, -0.25) is 4.79 Å². The van der Waals surface area contributed by atoms with Crippen molar-refractivity contribution in [2.24, 2.45) is 5.92 Å². The molecule has 0 aliphatic heterocycles. The molecule has 1 aromatic carbocycles. The highest BCUT2D eigenvalue weighted by molar-refractivity contribution is 5.85. The maximum Gasteiger partial charge on any atom is 0.233 e. The lowest BCUT2D eigenvalue weighted by atomic mass is 9.78. The van der Waals surface area contributed by atoms with Gasteiger partial charge in [-0.1, -0.05) is 25.0 Å². The lowest BCUT2D eigenvalue weighted by molar-refractivity contribution is -0.120. The SMILES string of the molecule is COc1cccc(C2(CNC(=O)CNCC3CC3)CCCC2)c1.Cl. The fourth-order valence-corrected chi connectivity index (χ4v) is 3.61. The van der Waals surface area contributed by atoms with Gasteiger partial charge < -0.3 is 15.4 Å². The van der Waals surface area contributed by atoms with Crippen LogP contribution in [0, 0.1) is 5.92 Å². The summed E-state index contributed by atoms with van der Waals surface area (Å²) >= 11 is 0. The van der Waals surface area contributed by atoms with Crippen LogP contribution in [0.5, 0.6) is 5.75 Å². The summed E-state index contributed by atoms with van der Waals surface area (Å²) in [7, 11) is 1.70. The third-order valence-electron chi connectivity index (χ3n) is 5.28. The third-order valence-corrected chi connectivity index (χ3v) is 5.28. The highest BCUT2D eigenvalue weighted by Gasteiger charge is 2.36. The second-order valence-corrected chi connectivity index (χ2v) is 7.07. The average molecular weight is 353 g/mol. The first-order chi connectivity index (χ1) is 11.2. The lowest BCUT2D eigenvalue weighted by Crippen LogP contribution is -2.42. The molecule has 4 nitrogen and oxygen atoms in total. The maximum absolute atomic E-state index is 12.1. The van der Waals surface area contributed by atoms with Gasteiger partial charge in [-0.2, -0.15) is 0 Å². The van der Waals surface area contributed by atoms with Crippen molar-refractivity contribution in [2.75, 3.05) is 26.7 Å². The van der Waals surface area contributed by atoms with Crippen molar-refractivity contribution >= 4 is 18.3 Å². The molecule has 2 fully saturated rings. The maximum atomic E-state index is 12.1. The minimum atomic E-state index is 0. The number of hydrogen-bond donors (Lipinski definition) is 2. The molecule has 0 saturated heterocycles. The van der Waals surface area contributed by atoms with Crippen LogP contribution in [0.15, 0.2) is 24.3 Å². The molecule has 0 atom stereocenters. The number of nitrogens with one attached hydrogen (secondary N) is 2. The Kier molecular flexibility index (Phi) is 6.93. The molecule has 5 heteroatoms. The number of ether oxygens (including phenoxy) is 1. The zero-order valence-corrected chi connectivity index (χ0v) is 15.3. The van der Waals surface area contributed by atoms with Crippen LogP contribution >= 0.6 is 12.4 Å². The predicted molar refractivity (Wildman–Crippen MR) is 99.0 cm³/mol. The van der Waals surface area contributed by atoms with Crippen LogP contribution in [0.3, 0.4) is 0 Å². The molecule has 0 aromatic heterocycles. The van der Waals surface area contributed by atoms with Crippen LogP contribution in [0.4, 0.5) is 0 Å². The largest absolute Gasteiger partial charge is 0.497 e. The summed E-state index contributed by atoms with van der Waals surface area (Å²) in [6.45, 7) is 2.14. The van der Waals surface area contributed by atoms with E-state index >= 15 is 0 Å². The van der Waals surface area contributed by atoms with Crippen molar-refractivity contribution in [3.05, 3.63) is 29.8 Å². The summed E-state index contributed by atoms with van der Waals surface area (Å²) in [6.07, 6.45) is 7.35. The molecule has 24 heavy (non-hydrogen) atoms. The van der Waals surface area contributed by atoms with Crippen molar-refractivity contribution in [1.82, 2.24) is 10.6 Å². The van der Waals surface area contributed by atoms with Gasteiger partial charge in [-0.05, 0) is 55.8 Å². The molecule has 0 heterocycles. The Morgan fingerprint density at radius 2 is 2.04 bits per heavy atom. The molecule has 2 saturated carbocycles. The fourth-order valence-electron chi connectivity index (χ4n) is 3.61. The first kappa shape index (κ1) is 19.1. The van der Waals surface area contributed by atoms with Crippen LogP contribution < -0.4 is 15.4 Å². The van der Waals surface area contributed by atoms with Crippen molar-refractivity contribution in [3.63, 3.8) is 0 Å². The van der Waals surface area contributed by atoms with E-state index in [-0.39, 0.29) is 23.7 Å². The van der Waals surface area contributed by atoms with Gasteiger partial charge in [0.2, 0.25) is 5.91 Å². The summed E-state index contributed by atoms with van der Waals surface area (Å²) < 4.78 is 5.37. The zero-order chi connectivity index (χ0) is 16.1. The first-order valence-electron chi connectivity index (χ1n) is 8.84. The molecule has 2 aliphatic carbocycles. The van der Waals surface area contributed by atoms with Gasteiger partial charge in [0.1, 0.15) is 5.75 Å². The molecule has 0 spiro atoms. The second-order valence-electron chi connectivity index (χ2n) is 7.07. The van der Waals surface area contributed by atoms with Crippen LogP contribution in [0.2, 0.25) is 0 Å². The normalized spacial score (nSPS) is 18.7. The minimum Gasteiger partial charge on any atom is -0.497 e. The van der Waals surface area contributed by atoms with E-state index < -0.39 is 0 Å². The summed E-state index contributed by atoms with van der Waals surface area (Å²) in [4.78, 5) is 12.1. The quantitative estimate of drug-likeness (QED) is 0.756. The number of benzene rings is 1. The van der Waals surface area contributed by atoms with Gasteiger partial charge in [0.25, 0.3) is 0 Å². The van der Waals surface area contributed by atoms with E-state index in [0.29, 0.717) is 6.54 Å². The standard InChI is InChI=1S/C19H28N2O2.ClH/c1-23-17-6-4-5-16(11-17)19(9-2-3-10-19)14-21-18(22)13-20-12-15-7-8-15;/h4-6,11,15,20H,2-3,7-10,12-14H2,1H3,(H,21,22);1H. The first-order valence-corrected chi connectivity index (χ1v) is 8.84.